The molecule has 1 atom stereocenters. The first-order valence-corrected chi connectivity index (χ1v) is 5.93. The van der Waals surface area contributed by atoms with Crippen LogP contribution >= 0.6 is 15.9 Å². The summed E-state index contributed by atoms with van der Waals surface area (Å²) in [5.74, 6) is -0.285. The van der Waals surface area contributed by atoms with E-state index in [1.165, 1.54) is 7.11 Å². The van der Waals surface area contributed by atoms with Gasteiger partial charge in [-0.3, -0.25) is 4.79 Å². The molecule has 3 nitrogen and oxygen atoms in total. The number of halogens is 1. The van der Waals surface area contributed by atoms with Gasteiger partial charge < -0.3 is 10.5 Å². The minimum absolute atomic E-state index is 0.196. The number of rotatable bonds is 4. The summed E-state index contributed by atoms with van der Waals surface area (Å²) in [4.78, 5) is 11.3. The van der Waals surface area contributed by atoms with Crippen LogP contribution in [-0.2, 0) is 15.1 Å². The lowest BCUT2D eigenvalue weighted by atomic mass is 9.85. The molecule has 1 unspecified atom stereocenters. The highest BCUT2D eigenvalue weighted by atomic mass is 79.9. The Morgan fingerprint density at radius 2 is 2.00 bits per heavy atom. The van der Waals surface area contributed by atoms with Crippen molar-refractivity contribution in [3.8, 4) is 0 Å². The molecule has 88 valence electrons. The predicted molar refractivity (Wildman–Crippen MR) is 66.9 cm³/mol. The molecule has 0 saturated carbocycles. The number of nitrogens with two attached hydrogens (primary N) is 1. The number of benzene rings is 1. The van der Waals surface area contributed by atoms with E-state index in [0.717, 1.165) is 10.0 Å². The molecule has 4 heteroatoms. The second-order valence-electron chi connectivity index (χ2n) is 3.77. The average Bonchev–Trinajstić information content (AvgIpc) is 2.29. The smallest absolute Gasteiger partial charge is 0.307 e. The van der Waals surface area contributed by atoms with Crippen molar-refractivity contribution in [3.05, 3.63) is 34.3 Å². The molecule has 1 aromatic carbocycles. The Bertz CT molecular complexity index is 364. The molecule has 0 aliphatic heterocycles. The Hall–Kier alpha value is -0.870. The first-order valence-electron chi connectivity index (χ1n) is 5.13. The highest BCUT2D eigenvalue weighted by Gasteiger charge is 2.28. The number of methoxy groups -OCH3 is 1. The third-order valence-electron chi connectivity index (χ3n) is 2.74. The van der Waals surface area contributed by atoms with E-state index in [1.807, 2.05) is 31.2 Å². The van der Waals surface area contributed by atoms with E-state index in [4.69, 9.17) is 5.73 Å². The summed E-state index contributed by atoms with van der Waals surface area (Å²) >= 11 is 3.37. The molecule has 0 aliphatic carbocycles. The number of esters is 1. The standard InChI is InChI=1S/C12H16BrNO2/c1-3-12(14,8-11(15)16-2)9-4-6-10(13)7-5-9/h4-7H,3,8,14H2,1-2H3. The number of hydrogen-bond acceptors (Lipinski definition) is 3. The van der Waals surface area contributed by atoms with Gasteiger partial charge in [-0.1, -0.05) is 35.0 Å². The summed E-state index contributed by atoms with van der Waals surface area (Å²) in [5.41, 5.74) is 6.53. The molecule has 1 rings (SSSR count). The third kappa shape index (κ3) is 3.06. The second kappa shape index (κ2) is 5.46. The molecular weight excluding hydrogens is 270 g/mol. The maximum atomic E-state index is 11.3. The number of carbonyl (C=O) groups is 1. The number of hydrogen-bond donors (Lipinski definition) is 1. The van der Waals surface area contributed by atoms with Crippen LogP contribution in [0.1, 0.15) is 25.3 Å². The fourth-order valence-electron chi connectivity index (χ4n) is 1.54. The summed E-state index contributed by atoms with van der Waals surface area (Å²) in [6.07, 6.45) is 0.880. The number of ether oxygens (including phenoxy) is 1. The van der Waals surface area contributed by atoms with Crippen LogP contribution < -0.4 is 5.73 Å². The quantitative estimate of drug-likeness (QED) is 0.865. The molecule has 0 aromatic heterocycles. The minimum atomic E-state index is -0.645. The van der Waals surface area contributed by atoms with Gasteiger partial charge in [-0.2, -0.15) is 0 Å². The Labute approximate surface area is 104 Å². The fraction of sp³-hybridized carbons (Fsp3) is 0.417. The van der Waals surface area contributed by atoms with Gasteiger partial charge in [-0.15, -0.1) is 0 Å². The van der Waals surface area contributed by atoms with Gasteiger partial charge in [0.2, 0.25) is 0 Å². The van der Waals surface area contributed by atoms with Gasteiger partial charge in [0.05, 0.1) is 19.1 Å². The van der Waals surface area contributed by atoms with Gasteiger partial charge in [0.25, 0.3) is 0 Å². The van der Waals surface area contributed by atoms with Crippen molar-refractivity contribution in [3.63, 3.8) is 0 Å². The van der Waals surface area contributed by atoms with Crippen LogP contribution in [0.25, 0.3) is 0 Å². The monoisotopic (exact) mass is 285 g/mol. The largest absolute Gasteiger partial charge is 0.469 e. The molecule has 0 spiro atoms. The molecule has 0 bridgehead atoms. The Morgan fingerprint density at radius 3 is 2.44 bits per heavy atom. The lowest BCUT2D eigenvalue weighted by Crippen LogP contribution is -2.38. The Morgan fingerprint density at radius 1 is 1.44 bits per heavy atom. The van der Waals surface area contributed by atoms with Crippen molar-refractivity contribution in [2.75, 3.05) is 7.11 Å². The van der Waals surface area contributed by atoms with E-state index < -0.39 is 5.54 Å². The molecule has 1 aromatic rings. The van der Waals surface area contributed by atoms with Gasteiger partial charge in [0.15, 0.2) is 0 Å². The normalized spacial score (nSPS) is 14.2. The number of carbonyl (C=O) groups excluding carboxylic acids is 1. The Balaban J connectivity index is 2.95. The van der Waals surface area contributed by atoms with E-state index in [0.29, 0.717) is 6.42 Å². The van der Waals surface area contributed by atoms with E-state index in [1.54, 1.807) is 0 Å². The zero-order valence-electron chi connectivity index (χ0n) is 9.50. The molecule has 0 heterocycles. The van der Waals surface area contributed by atoms with Gasteiger partial charge >= 0.3 is 5.97 Å². The van der Waals surface area contributed by atoms with Gasteiger partial charge in [-0.05, 0) is 24.1 Å². The van der Waals surface area contributed by atoms with Crippen molar-refractivity contribution in [2.24, 2.45) is 5.73 Å². The summed E-state index contributed by atoms with van der Waals surface area (Å²) < 4.78 is 5.66. The summed E-state index contributed by atoms with van der Waals surface area (Å²) in [7, 11) is 1.37. The van der Waals surface area contributed by atoms with E-state index in [2.05, 4.69) is 20.7 Å². The van der Waals surface area contributed by atoms with Crippen LogP contribution in [0.4, 0.5) is 0 Å². The SMILES string of the molecule is CCC(N)(CC(=O)OC)c1ccc(Br)cc1. The van der Waals surface area contributed by atoms with E-state index in [-0.39, 0.29) is 12.4 Å². The fourth-order valence-corrected chi connectivity index (χ4v) is 1.81. The maximum Gasteiger partial charge on any atom is 0.307 e. The van der Waals surface area contributed by atoms with Crippen molar-refractivity contribution < 1.29 is 9.53 Å². The van der Waals surface area contributed by atoms with E-state index >= 15 is 0 Å². The van der Waals surface area contributed by atoms with E-state index in [9.17, 15) is 4.79 Å². The van der Waals surface area contributed by atoms with Crippen molar-refractivity contribution in [1.82, 2.24) is 0 Å². The van der Waals surface area contributed by atoms with Crippen LogP contribution in [0.3, 0.4) is 0 Å². The molecule has 2 N–H and O–H groups in total. The predicted octanol–water partition coefficient (Wildman–Crippen LogP) is 2.58. The highest BCUT2D eigenvalue weighted by Crippen LogP contribution is 2.27. The molecule has 0 radical (unpaired) electrons. The molecule has 0 amide bonds. The van der Waals surface area contributed by atoms with Crippen molar-refractivity contribution in [1.29, 1.82) is 0 Å². The van der Waals surface area contributed by atoms with Crippen LogP contribution in [0, 0.1) is 0 Å². The topological polar surface area (TPSA) is 52.3 Å². The van der Waals surface area contributed by atoms with Crippen LogP contribution in [0.5, 0.6) is 0 Å². The van der Waals surface area contributed by atoms with Crippen LogP contribution in [0.15, 0.2) is 28.7 Å². The van der Waals surface area contributed by atoms with Crippen LogP contribution in [-0.4, -0.2) is 13.1 Å². The van der Waals surface area contributed by atoms with Gasteiger partial charge in [0, 0.05) is 4.47 Å². The average molecular weight is 286 g/mol. The molecular formula is C12H16BrNO2. The maximum absolute atomic E-state index is 11.3. The summed E-state index contributed by atoms with van der Waals surface area (Å²) in [6, 6.07) is 7.70. The third-order valence-corrected chi connectivity index (χ3v) is 3.27. The summed E-state index contributed by atoms with van der Waals surface area (Å²) in [5, 5.41) is 0. The zero-order valence-corrected chi connectivity index (χ0v) is 11.1. The Kier molecular flexibility index (Phi) is 4.50. The highest BCUT2D eigenvalue weighted by molar-refractivity contribution is 9.10. The molecule has 0 fully saturated rings. The van der Waals surface area contributed by atoms with Crippen LogP contribution in [0.2, 0.25) is 0 Å². The van der Waals surface area contributed by atoms with Crippen molar-refractivity contribution >= 4 is 21.9 Å². The molecule has 16 heavy (non-hydrogen) atoms. The lowest BCUT2D eigenvalue weighted by molar-refractivity contribution is -0.142. The first kappa shape index (κ1) is 13.2. The summed E-state index contributed by atoms with van der Waals surface area (Å²) in [6.45, 7) is 1.96. The first-order chi connectivity index (χ1) is 7.51. The van der Waals surface area contributed by atoms with Gasteiger partial charge in [-0.25, -0.2) is 0 Å². The minimum Gasteiger partial charge on any atom is -0.469 e. The molecule has 0 aliphatic rings. The lowest BCUT2D eigenvalue weighted by Gasteiger charge is -2.27. The van der Waals surface area contributed by atoms with Gasteiger partial charge in [0.1, 0.15) is 0 Å². The molecule has 0 saturated heterocycles. The van der Waals surface area contributed by atoms with Crippen molar-refractivity contribution in [2.45, 2.75) is 25.3 Å². The zero-order chi connectivity index (χ0) is 12.2. The second-order valence-corrected chi connectivity index (χ2v) is 4.69.